The third kappa shape index (κ3) is 3.91. The fraction of sp³-hybridized carbons (Fsp3) is 0.231. The lowest BCUT2D eigenvalue weighted by Crippen LogP contribution is -1.95. The second-order valence-electron chi connectivity index (χ2n) is 4.27. The summed E-state index contributed by atoms with van der Waals surface area (Å²) in [6, 6.07) is 2.23. The fourth-order valence-electron chi connectivity index (χ4n) is 1.30. The molecule has 4 N–H and O–H groups in total. The molecule has 0 aliphatic heterocycles. The molecule has 2 aromatic rings. The van der Waals surface area contributed by atoms with Crippen LogP contribution in [0.5, 0.6) is 17.2 Å². The molecule has 0 amide bonds. The van der Waals surface area contributed by atoms with Crippen LogP contribution in [-0.2, 0) is 0 Å². The second-order valence-corrected chi connectivity index (χ2v) is 4.27. The van der Waals surface area contributed by atoms with Gasteiger partial charge in [0.15, 0.2) is 17.2 Å². The van der Waals surface area contributed by atoms with Crippen molar-refractivity contribution < 1.29 is 25.2 Å². The van der Waals surface area contributed by atoms with Crippen LogP contribution >= 0.6 is 0 Å². The minimum atomic E-state index is -1.29. The fourth-order valence-corrected chi connectivity index (χ4v) is 1.30. The summed E-state index contributed by atoms with van der Waals surface area (Å²) in [5.74, 6) is -3.33. The number of benzene rings is 1. The first-order chi connectivity index (χ1) is 9.32. The Kier molecular flexibility index (Phi) is 4.96. The van der Waals surface area contributed by atoms with Crippen LogP contribution in [0.15, 0.2) is 30.9 Å². The maximum absolute atomic E-state index is 10.3. The van der Waals surface area contributed by atoms with Gasteiger partial charge in [-0.2, -0.15) is 0 Å². The Morgan fingerprint density at radius 3 is 2.05 bits per heavy atom. The Hall–Kier alpha value is -2.70. The van der Waals surface area contributed by atoms with Crippen LogP contribution in [0.4, 0.5) is 0 Å². The van der Waals surface area contributed by atoms with Gasteiger partial charge < -0.3 is 25.0 Å². The number of carboxylic acid groups (broad SMARTS) is 1. The molecule has 0 aliphatic rings. The first-order valence-corrected chi connectivity index (χ1v) is 5.78. The van der Waals surface area contributed by atoms with Crippen molar-refractivity contribution in [1.82, 2.24) is 9.55 Å². The number of hydrogen-bond donors (Lipinski definition) is 4. The summed E-state index contributed by atoms with van der Waals surface area (Å²) in [5, 5.41) is 35.0. The molecule has 1 heterocycles. The molecule has 0 saturated carbocycles. The molecule has 0 saturated heterocycles. The molecular weight excluding hydrogens is 264 g/mol. The number of imidazole rings is 1. The highest BCUT2D eigenvalue weighted by Gasteiger charge is 2.11. The Morgan fingerprint density at radius 2 is 1.75 bits per heavy atom. The lowest BCUT2D eigenvalue weighted by Gasteiger charge is -2.02. The van der Waals surface area contributed by atoms with Gasteiger partial charge in [0.05, 0.1) is 11.9 Å². The molecule has 2 rings (SSSR count). The van der Waals surface area contributed by atoms with E-state index < -0.39 is 23.2 Å². The largest absolute Gasteiger partial charge is 0.504 e. The van der Waals surface area contributed by atoms with Crippen molar-refractivity contribution in [3.8, 4) is 17.2 Å². The van der Waals surface area contributed by atoms with E-state index in [0.717, 1.165) is 12.1 Å². The molecule has 0 spiro atoms. The van der Waals surface area contributed by atoms with Crippen molar-refractivity contribution in [2.45, 2.75) is 19.9 Å². The molecule has 0 aliphatic carbocycles. The summed E-state index contributed by atoms with van der Waals surface area (Å²) in [7, 11) is 0. The summed E-state index contributed by atoms with van der Waals surface area (Å²) in [6.07, 6.45) is 5.58. The number of nitrogens with zero attached hydrogens (tertiary/aromatic N) is 2. The number of phenolic OH excluding ortho intramolecular Hbond substituents is 3. The van der Waals surface area contributed by atoms with Gasteiger partial charge in [0.25, 0.3) is 0 Å². The zero-order valence-corrected chi connectivity index (χ0v) is 11.1. The molecule has 0 radical (unpaired) electrons. The van der Waals surface area contributed by atoms with E-state index in [2.05, 4.69) is 23.4 Å². The maximum atomic E-state index is 10.3. The van der Waals surface area contributed by atoms with Gasteiger partial charge in [-0.05, 0) is 26.0 Å². The molecule has 0 bridgehead atoms. The van der Waals surface area contributed by atoms with E-state index in [4.69, 9.17) is 20.4 Å². The first-order valence-electron chi connectivity index (χ1n) is 5.78. The second kappa shape index (κ2) is 6.46. The van der Waals surface area contributed by atoms with Crippen molar-refractivity contribution in [2.75, 3.05) is 0 Å². The van der Waals surface area contributed by atoms with Gasteiger partial charge in [-0.25, -0.2) is 9.78 Å². The summed E-state index contributed by atoms with van der Waals surface area (Å²) < 4.78 is 2.06. The summed E-state index contributed by atoms with van der Waals surface area (Å²) in [5.41, 5.74) is -0.289. The normalized spacial score (nSPS) is 9.95. The Morgan fingerprint density at radius 1 is 1.20 bits per heavy atom. The number of aromatic carboxylic acids is 1. The van der Waals surface area contributed by atoms with Crippen molar-refractivity contribution >= 4 is 5.97 Å². The Labute approximate surface area is 115 Å². The highest BCUT2D eigenvalue weighted by molar-refractivity contribution is 5.89. The quantitative estimate of drug-likeness (QED) is 0.625. The van der Waals surface area contributed by atoms with Gasteiger partial charge in [0.2, 0.25) is 0 Å². The number of rotatable bonds is 2. The van der Waals surface area contributed by atoms with Crippen LogP contribution in [0.3, 0.4) is 0 Å². The third-order valence-electron chi connectivity index (χ3n) is 2.44. The number of phenols is 3. The molecule has 0 atom stereocenters. The number of carboxylic acids is 1. The highest BCUT2D eigenvalue weighted by Crippen LogP contribution is 2.35. The topological polar surface area (TPSA) is 116 Å². The molecule has 1 aromatic carbocycles. The predicted molar refractivity (Wildman–Crippen MR) is 71.0 cm³/mol. The number of hydrogen-bond acceptors (Lipinski definition) is 5. The van der Waals surface area contributed by atoms with E-state index in [0.29, 0.717) is 6.04 Å². The maximum Gasteiger partial charge on any atom is 0.335 e. The Balaban J connectivity index is 0.000000217. The average molecular weight is 280 g/mol. The number of aromatic hydroxyl groups is 3. The minimum Gasteiger partial charge on any atom is -0.504 e. The van der Waals surface area contributed by atoms with Crippen LogP contribution in [-0.4, -0.2) is 35.9 Å². The molecular formula is C13H16N2O5. The Bertz CT molecular complexity index is 555. The van der Waals surface area contributed by atoms with Crippen molar-refractivity contribution in [1.29, 1.82) is 0 Å². The zero-order valence-electron chi connectivity index (χ0n) is 11.1. The van der Waals surface area contributed by atoms with Gasteiger partial charge >= 0.3 is 5.97 Å². The van der Waals surface area contributed by atoms with Crippen LogP contribution in [0.1, 0.15) is 30.2 Å². The molecule has 7 heteroatoms. The summed E-state index contributed by atoms with van der Waals surface area (Å²) in [6.45, 7) is 4.25. The van der Waals surface area contributed by atoms with E-state index in [-0.39, 0.29) is 5.56 Å². The predicted octanol–water partition coefficient (Wildman–Crippen LogP) is 1.97. The SMILES string of the molecule is CC(C)n1ccnc1.O=C(O)c1cc(O)c(O)c(O)c1. The zero-order chi connectivity index (χ0) is 15.3. The van der Waals surface area contributed by atoms with Crippen molar-refractivity contribution in [3.05, 3.63) is 36.4 Å². The van der Waals surface area contributed by atoms with Gasteiger partial charge in [0.1, 0.15) is 0 Å². The molecule has 7 nitrogen and oxygen atoms in total. The molecule has 0 fully saturated rings. The van der Waals surface area contributed by atoms with Crippen molar-refractivity contribution in [2.24, 2.45) is 0 Å². The summed E-state index contributed by atoms with van der Waals surface area (Å²) >= 11 is 0. The van der Waals surface area contributed by atoms with E-state index in [1.165, 1.54) is 0 Å². The van der Waals surface area contributed by atoms with E-state index in [1.54, 1.807) is 6.20 Å². The van der Waals surface area contributed by atoms with Crippen LogP contribution < -0.4 is 0 Å². The van der Waals surface area contributed by atoms with E-state index in [9.17, 15) is 4.79 Å². The standard InChI is InChI=1S/C7H6O5.C6H10N2/c8-4-1-3(7(11)12)2-5(9)6(4)10;1-6(2)8-4-3-7-5-8/h1-2,8-10H,(H,11,12);3-6H,1-2H3. The smallest absolute Gasteiger partial charge is 0.335 e. The lowest BCUT2D eigenvalue weighted by molar-refractivity contribution is 0.0696. The number of aromatic nitrogens is 2. The van der Waals surface area contributed by atoms with E-state index >= 15 is 0 Å². The third-order valence-corrected chi connectivity index (χ3v) is 2.44. The molecule has 108 valence electrons. The molecule has 20 heavy (non-hydrogen) atoms. The van der Waals surface area contributed by atoms with Gasteiger partial charge in [-0.1, -0.05) is 0 Å². The van der Waals surface area contributed by atoms with Gasteiger partial charge in [-0.15, -0.1) is 0 Å². The average Bonchev–Trinajstić information content (AvgIpc) is 2.90. The van der Waals surface area contributed by atoms with Gasteiger partial charge in [-0.3, -0.25) is 0 Å². The van der Waals surface area contributed by atoms with Crippen LogP contribution in [0, 0.1) is 0 Å². The van der Waals surface area contributed by atoms with Crippen LogP contribution in [0.2, 0.25) is 0 Å². The first kappa shape index (κ1) is 15.4. The molecule has 0 unspecified atom stereocenters. The lowest BCUT2D eigenvalue weighted by atomic mass is 10.2. The highest BCUT2D eigenvalue weighted by atomic mass is 16.4. The van der Waals surface area contributed by atoms with Crippen molar-refractivity contribution in [3.63, 3.8) is 0 Å². The number of carbonyl (C=O) groups is 1. The monoisotopic (exact) mass is 280 g/mol. The van der Waals surface area contributed by atoms with E-state index in [1.807, 2.05) is 12.5 Å². The summed E-state index contributed by atoms with van der Waals surface area (Å²) in [4.78, 5) is 14.2. The van der Waals surface area contributed by atoms with Gasteiger partial charge in [0, 0.05) is 18.4 Å². The molecule has 1 aromatic heterocycles. The van der Waals surface area contributed by atoms with Crippen LogP contribution in [0.25, 0.3) is 0 Å². The minimum absolute atomic E-state index is 0.289.